The lowest BCUT2D eigenvalue weighted by Crippen LogP contribution is -2.31. The largest absolute Gasteiger partial charge is 0.507 e. The number of aliphatic hydroxyl groups is 1. The zero-order valence-electron chi connectivity index (χ0n) is 20.5. The number of likely N-dealkylation sites (N-methyl/N-ethyl adjacent to an activating group) is 1. The van der Waals surface area contributed by atoms with Crippen LogP contribution in [0.2, 0.25) is 0 Å². The first-order chi connectivity index (χ1) is 17.0. The van der Waals surface area contributed by atoms with E-state index in [0.717, 1.165) is 23.4 Å². The van der Waals surface area contributed by atoms with E-state index in [9.17, 15) is 14.7 Å². The van der Waals surface area contributed by atoms with Crippen molar-refractivity contribution >= 4 is 23.1 Å². The summed E-state index contributed by atoms with van der Waals surface area (Å²) in [7, 11) is 3.54. The van der Waals surface area contributed by atoms with E-state index in [1.54, 1.807) is 25.3 Å². The first kappa shape index (κ1) is 24.6. The van der Waals surface area contributed by atoms with E-state index in [2.05, 4.69) is 0 Å². The number of Topliss-reactive ketones (excluding diaryl/α,β-unsaturated/α-hetero) is 1. The summed E-state index contributed by atoms with van der Waals surface area (Å²) in [6.45, 7) is 4.72. The summed E-state index contributed by atoms with van der Waals surface area (Å²) in [6.07, 6.45) is 1.46. The number of fused-ring (bicyclic) bond motifs is 1. The van der Waals surface area contributed by atoms with Gasteiger partial charge in [-0.05, 0) is 48.7 Å². The Hall–Kier alpha value is -3.52. The molecule has 0 radical (unpaired) electrons. The van der Waals surface area contributed by atoms with Gasteiger partial charge in [0.2, 0.25) is 0 Å². The van der Waals surface area contributed by atoms with Crippen molar-refractivity contribution in [3.63, 3.8) is 0 Å². The lowest BCUT2D eigenvalue weighted by Gasteiger charge is -2.28. The van der Waals surface area contributed by atoms with Gasteiger partial charge >= 0.3 is 0 Å². The van der Waals surface area contributed by atoms with E-state index in [1.165, 1.54) is 4.90 Å². The second kappa shape index (κ2) is 10.8. The van der Waals surface area contributed by atoms with Gasteiger partial charge in [0.25, 0.3) is 11.7 Å². The molecule has 2 heterocycles. The van der Waals surface area contributed by atoms with Gasteiger partial charge in [-0.1, -0.05) is 19.1 Å². The molecule has 2 aromatic rings. The van der Waals surface area contributed by atoms with Gasteiger partial charge in [0.1, 0.15) is 23.9 Å². The molecule has 2 aliphatic rings. The minimum Gasteiger partial charge on any atom is -0.507 e. The van der Waals surface area contributed by atoms with Crippen molar-refractivity contribution in [3.8, 4) is 11.5 Å². The Labute approximate surface area is 205 Å². The van der Waals surface area contributed by atoms with Gasteiger partial charge < -0.3 is 29.1 Å². The highest BCUT2D eigenvalue weighted by molar-refractivity contribution is 6.46. The van der Waals surface area contributed by atoms with Crippen molar-refractivity contribution in [3.05, 3.63) is 59.2 Å². The number of rotatable bonds is 9. The number of carbonyl (C=O) groups is 2. The molecule has 2 aliphatic heterocycles. The van der Waals surface area contributed by atoms with Gasteiger partial charge in [-0.2, -0.15) is 0 Å². The van der Waals surface area contributed by atoms with E-state index in [-0.39, 0.29) is 11.3 Å². The van der Waals surface area contributed by atoms with Crippen LogP contribution in [0.3, 0.4) is 0 Å². The first-order valence-electron chi connectivity index (χ1n) is 11.9. The van der Waals surface area contributed by atoms with Crippen LogP contribution in [-0.4, -0.2) is 68.8 Å². The molecular weight excluding hydrogens is 448 g/mol. The molecule has 35 heavy (non-hydrogen) atoms. The summed E-state index contributed by atoms with van der Waals surface area (Å²) >= 11 is 0. The number of methoxy groups -OCH3 is 1. The van der Waals surface area contributed by atoms with Crippen molar-refractivity contribution in [1.29, 1.82) is 0 Å². The first-order valence-corrected chi connectivity index (χ1v) is 11.9. The molecule has 1 N–H and O–H groups in total. The zero-order valence-corrected chi connectivity index (χ0v) is 20.5. The molecule has 0 bridgehead atoms. The number of benzene rings is 2. The number of nitrogens with zero attached hydrogens (tertiary/aromatic N) is 2. The van der Waals surface area contributed by atoms with E-state index in [1.807, 2.05) is 43.1 Å². The Morgan fingerprint density at radius 3 is 2.63 bits per heavy atom. The highest BCUT2D eigenvalue weighted by Crippen LogP contribution is 2.41. The SMILES string of the molecule is CCCOc1ccc(C2/C(=C(/O)c3ccc4c(c3)N(C)CCO4)C(=O)C(=O)N2CCCOC)cc1. The Kier molecular flexibility index (Phi) is 7.60. The Morgan fingerprint density at radius 2 is 1.91 bits per heavy atom. The normalized spacial score (nSPS) is 19.0. The maximum Gasteiger partial charge on any atom is 0.295 e. The Morgan fingerprint density at radius 1 is 1.14 bits per heavy atom. The van der Waals surface area contributed by atoms with Gasteiger partial charge in [0, 0.05) is 32.9 Å². The maximum absolute atomic E-state index is 13.2. The number of likely N-dealkylation sites (tertiary alicyclic amines) is 1. The van der Waals surface area contributed by atoms with Crippen LogP contribution < -0.4 is 14.4 Å². The van der Waals surface area contributed by atoms with Crippen molar-refractivity contribution in [1.82, 2.24) is 4.90 Å². The molecule has 1 fully saturated rings. The molecule has 1 amide bonds. The molecule has 4 rings (SSSR count). The molecule has 8 heteroatoms. The summed E-state index contributed by atoms with van der Waals surface area (Å²) in [5.74, 6) is -0.0919. The van der Waals surface area contributed by atoms with Gasteiger partial charge in [-0.15, -0.1) is 0 Å². The van der Waals surface area contributed by atoms with Crippen molar-refractivity contribution in [2.45, 2.75) is 25.8 Å². The van der Waals surface area contributed by atoms with Crippen LogP contribution in [0.5, 0.6) is 11.5 Å². The minimum atomic E-state index is -0.711. The average Bonchev–Trinajstić information content (AvgIpc) is 3.12. The summed E-state index contributed by atoms with van der Waals surface area (Å²) in [5.41, 5.74) is 2.09. The van der Waals surface area contributed by atoms with Crippen molar-refractivity contribution in [2.75, 3.05) is 52.0 Å². The Balaban J connectivity index is 1.76. The van der Waals surface area contributed by atoms with Crippen LogP contribution in [0.25, 0.3) is 5.76 Å². The van der Waals surface area contributed by atoms with Crippen molar-refractivity contribution in [2.24, 2.45) is 0 Å². The van der Waals surface area contributed by atoms with Crippen LogP contribution in [-0.2, 0) is 14.3 Å². The topological polar surface area (TPSA) is 88.5 Å². The molecule has 186 valence electrons. The van der Waals surface area contributed by atoms with Gasteiger partial charge in [-0.25, -0.2) is 0 Å². The smallest absolute Gasteiger partial charge is 0.295 e. The summed E-state index contributed by atoms with van der Waals surface area (Å²) in [5, 5.41) is 11.4. The molecule has 2 aromatic carbocycles. The van der Waals surface area contributed by atoms with E-state index in [0.29, 0.717) is 50.6 Å². The van der Waals surface area contributed by atoms with E-state index < -0.39 is 17.7 Å². The fourth-order valence-electron chi connectivity index (χ4n) is 4.46. The predicted octanol–water partition coefficient (Wildman–Crippen LogP) is 3.76. The molecule has 1 saturated heterocycles. The van der Waals surface area contributed by atoms with Crippen LogP contribution >= 0.6 is 0 Å². The molecule has 0 saturated carbocycles. The number of carbonyl (C=O) groups excluding carboxylic acids is 2. The third-order valence-corrected chi connectivity index (χ3v) is 6.28. The van der Waals surface area contributed by atoms with Crippen LogP contribution in [0.4, 0.5) is 5.69 Å². The zero-order chi connectivity index (χ0) is 24.9. The lowest BCUT2D eigenvalue weighted by atomic mass is 9.95. The molecule has 0 spiro atoms. The number of anilines is 1. The monoisotopic (exact) mass is 480 g/mol. The molecule has 0 aliphatic carbocycles. The fraction of sp³-hybridized carbons (Fsp3) is 0.407. The number of ether oxygens (including phenoxy) is 3. The van der Waals surface area contributed by atoms with Crippen LogP contribution in [0, 0.1) is 0 Å². The van der Waals surface area contributed by atoms with E-state index in [4.69, 9.17) is 14.2 Å². The maximum atomic E-state index is 13.2. The van der Waals surface area contributed by atoms with Gasteiger partial charge in [0.05, 0.1) is 30.5 Å². The molecular formula is C27H32N2O6. The fourth-order valence-corrected chi connectivity index (χ4v) is 4.46. The highest BCUT2D eigenvalue weighted by Gasteiger charge is 2.45. The highest BCUT2D eigenvalue weighted by atomic mass is 16.5. The van der Waals surface area contributed by atoms with E-state index >= 15 is 0 Å². The predicted molar refractivity (Wildman–Crippen MR) is 133 cm³/mol. The number of hydrogen-bond acceptors (Lipinski definition) is 7. The summed E-state index contributed by atoms with van der Waals surface area (Å²) in [4.78, 5) is 29.8. The molecule has 1 atom stereocenters. The van der Waals surface area contributed by atoms with Gasteiger partial charge in [-0.3, -0.25) is 9.59 Å². The lowest BCUT2D eigenvalue weighted by molar-refractivity contribution is -0.140. The quantitative estimate of drug-likeness (QED) is 0.253. The number of amides is 1. The van der Waals surface area contributed by atoms with Crippen LogP contribution in [0.1, 0.15) is 36.9 Å². The summed E-state index contributed by atoms with van der Waals surface area (Å²) < 4.78 is 16.5. The average molecular weight is 481 g/mol. The number of hydrogen-bond donors (Lipinski definition) is 1. The minimum absolute atomic E-state index is 0.0778. The number of aliphatic hydroxyl groups excluding tert-OH is 1. The number of ketones is 1. The third-order valence-electron chi connectivity index (χ3n) is 6.28. The standard InChI is InChI=1S/C27H32N2O6/c1-4-14-34-20-9-6-18(7-10-20)24-23(26(31)27(32)29(24)12-5-15-33-3)25(30)19-8-11-22-21(17-19)28(2)13-16-35-22/h6-11,17,24,30H,4-5,12-16H2,1-3H3/b25-23-. The second-order valence-corrected chi connectivity index (χ2v) is 8.71. The van der Waals surface area contributed by atoms with Crippen LogP contribution in [0.15, 0.2) is 48.0 Å². The molecule has 1 unspecified atom stereocenters. The van der Waals surface area contributed by atoms with Gasteiger partial charge in [0.15, 0.2) is 0 Å². The summed E-state index contributed by atoms with van der Waals surface area (Å²) in [6, 6.07) is 11.9. The molecule has 0 aromatic heterocycles. The third kappa shape index (κ3) is 4.98. The second-order valence-electron chi connectivity index (χ2n) is 8.71. The van der Waals surface area contributed by atoms with Crippen molar-refractivity contribution < 1.29 is 28.9 Å². The Bertz CT molecular complexity index is 1110. The molecule has 8 nitrogen and oxygen atoms in total.